The van der Waals surface area contributed by atoms with Crippen LogP contribution in [0.1, 0.15) is 17.0 Å². The number of nitrogens with one attached hydrogen (secondary N) is 1. The topological polar surface area (TPSA) is 42.0 Å². The molecule has 0 radical (unpaired) electrons. The van der Waals surface area contributed by atoms with E-state index in [0.717, 1.165) is 38.6 Å². The molecule has 1 heterocycles. The molecule has 0 spiro atoms. The van der Waals surface area contributed by atoms with Gasteiger partial charge in [0.2, 0.25) is 5.91 Å². The number of rotatable bonds is 6. The number of aromatic nitrogens is 1. The SMILES string of the molecule is O=C(Nc1ccc(-c2csc(-c3ccccc3)n2)cc1)C(c1ccccc1)c1ccccc1. The van der Waals surface area contributed by atoms with Crippen molar-refractivity contribution in [3.05, 3.63) is 132 Å². The molecule has 4 heteroatoms. The highest BCUT2D eigenvalue weighted by Gasteiger charge is 2.22. The Morgan fingerprint density at radius 3 is 1.79 bits per heavy atom. The first kappa shape index (κ1) is 20.9. The minimum atomic E-state index is -0.376. The van der Waals surface area contributed by atoms with Gasteiger partial charge < -0.3 is 5.32 Å². The van der Waals surface area contributed by atoms with Gasteiger partial charge >= 0.3 is 0 Å². The fraction of sp³-hybridized carbons (Fsp3) is 0.0345. The second-order valence-corrected chi connectivity index (χ2v) is 8.58. The average Bonchev–Trinajstić information content (AvgIpc) is 3.37. The largest absolute Gasteiger partial charge is 0.325 e. The normalized spacial score (nSPS) is 10.8. The highest BCUT2D eigenvalue weighted by atomic mass is 32.1. The molecule has 0 aliphatic carbocycles. The number of carbonyl (C=O) groups is 1. The van der Waals surface area contributed by atoms with E-state index in [0.29, 0.717) is 0 Å². The van der Waals surface area contributed by atoms with E-state index in [9.17, 15) is 4.79 Å². The lowest BCUT2D eigenvalue weighted by molar-refractivity contribution is -0.116. The van der Waals surface area contributed by atoms with Gasteiger partial charge in [0, 0.05) is 22.2 Å². The number of anilines is 1. The van der Waals surface area contributed by atoms with Crippen molar-refractivity contribution in [2.45, 2.75) is 5.92 Å². The summed E-state index contributed by atoms with van der Waals surface area (Å²) in [6.45, 7) is 0. The summed E-state index contributed by atoms with van der Waals surface area (Å²) in [7, 11) is 0. The van der Waals surface area contributed by atoms with E-state index in [4.69, 9.17) is 4.98 Å². The molecule has 0 unspecified atom stereocenters. The maximum atomic E-state index is 13.3. The Labute approximate surface area is 197 Å². The molecule has 1 amide bonds. The van der Waals surface area contributed by atoms with E-state index in [-0.39, 0.29) is 11.8 Å². The average molecular weight is 447 g/mol. The van der Waals surface area contributed by atoms with E-state index >= 15 is 0 Å². The van der Waals surface area contributed by atoms with Gasteiger partial charge in [0.15, 0.2) is 0 Å². The van der Waals surface area contributed by atoms with Gasteiger partial charge in [0.05, 0.1) is 11.6 Å². The summed E-state index contributed by atoms with van der Waals surface area (Å²) in [6.07, 6.45) is 0. The van der Waals surface area contributed by atoms with Crippen LogP contribution in [0.15, 0.2) is 121 Å². The molecule has 160 valence electrons. The smallest absolute Gasteiger partial charge is 0.236 e. The van der Waals surface area contributed by atoms with E-state index in [2.05, 4.69) is 22.8 Å². The number of benzene rings is 4. The van der Waals surface area contributed by atoms with Gasteiger partial charge in [-0.2, -0.15) is 0 Å². The van der Waals surface area contributed by atoms with Crippen LogP contribution in [0.25, 0.3) is 21.8 Å². The predicted molar refractivity (Wildman–Crippen MR) is 136 cm³/mol. The number of carbonyl (C=O) groups excluding carboxylic acids is 1. The van der Waals surface area contributed by atoms with E-state index in [1.54, 1.807) is 11.3 Å². The molecule has 0 saturated carbocycles. The molecule has 5 aromatic rings. The molecule has 5 rings (SSSR count). The molecule has 0 aliphatic rings. The molecule has 0 aliphatic heterocycles. The van der Waals surface area contributed by atoms with Gasteiger partial charge in [-0.05, 0) is 23.3 Å². The second-order valence-electron chi connectivity index (χ2n) is 7.72. The quantitative estimate of drug-likeness (QED) is 0.298. The Hall–Kier alpha value is -4.02. The predicted octanol–water partition coefficient (Wildman–Crippen LogP) is 7.25. The first-order chi connectivity index (χ1) is 16.3. The van der Waals surface area contributed by atoms with Crippen molar-refractivity contribution in [2.24, 2.45) is 0 Å². The summed E-state index contributed by atoms with van der Waals surface area (Å²) in [5.41, 5.74) is 5.77. The van der Waals surface area contributed by atoms with Crippen LogP contribution in [0.4, 0.5) is 5.69 Å². The minimum absolute atomic E-state index is 0.0554. The van der Waals surface area contributed by atoms with Crippen molar-refractivity contribution >= 4 is 22.9 Å². The van der Waals surface area contributed by atoms with Gasteiger partial charge in [-0.25, -0.2) is 4.98 Å². The second kappa shape index (κ2) is 9.63. The zero-order chi connectivity index (χ0) is 22.5. The van der Waals surface area contributed by atoms with E-state index < -0.39 is 0 Å². The lowest BCUT2D eigenvalue weighted by atomic mass is 9.90. The summed E-state index contributed by atoms with van der Waals surface area (Å²) in [5, 5.41) is 6.16. The Morgan fingerprint density at radius 2 is 1.21 bits per heavy atom. The lowest BCUT2D eigenvalue weighted by Gasteiger charge is -2.18. The van der Waals surface area contributed by atoms with Crippen molar-refractivity contribution in [1.29, 1.82) is 0 Å². The number of nitrogens with zero attached hydrogens (tertiary/aromatic N) is 1. The van der Waals surface area contributed by atoms with Crippen molar-refractivity contribution in [3.8, 4) is 21.8 Å². The van der Waals surface area contributed by atoms with Gasteiger partial charge in [0.1, 0.15) is 5.01 Å². The van der Waals surface area contributed by atoms with Gasteiger partial charge in [0.25, 0.3) is 0 Å². The van der Waals surface area contributed by atoms with Crippen LogP contribution in [0.2, 0.25) is 0 Å². The van der Waals surface area contributed by atoms with Crippen LogP contribution in [-0.2, 0) is 4.79 Å². The fourth-order valence-corrected chi connectivity index (χ4v) is 4.68. The third-order valence-corrected chi connectivity index (χ3v) is 6.39. The van der Waals surface area contributed by atoms with E-state index in [1.807, 2.05) is 103 Å². The number of thiazole rings is 1. The number of hydrogen-bond donors (Lipinski definition) is 1. The highest BCUT2D eigenvalue weighted by molar-refractivity contribution is 7.13. The standard InChI is InChI=1S/C29H22N2OS/c32-28(27(22-10-4-1-5-11-22)23-12-6-2-7-13-23)30-25-18-16-21(17-19-25)26-20-33-29(31-26)24-14-8-3-9-15-24/h1-20,27H,(H,30,32). The van der Waals surface area contributed by atoms with Gasteiger partial charge in [-0.15, -0.1) is 11.3 Å². The Kier molecular flexibility index (Phi) is 6.09. The maximum absolute atomic E-state index is 13.3. The zero-order valence-electron chi connectivity index (χ0n) is 17.9. The summed E-state index contributed by atoms with van der Waals surface area (Å²) in [5.74, 6) is -0.431. The summed E-state index contributed by atoms with van der Waals surface area (Å²) < 4.78 is 0. The summed E-state index contributed by atoms with van der Waals surface area (Å²) in [6, 6.07) is 37.8. The molecule has 0 bridgehead atoms. The fourth-order valence-electron chi connectivity index (χ4n) is 3.84. The van der Waals surface area contributed by atoms with E-state index in [1.165, 1.54) is 0 Å². The molecular weight excluding hydrogens is 424 g/mol. The Bertz CT molecular complexity index is 1290. The first-order valence-corrected chi connectivity index (χ1v) is 11.7. The Balaban J connectivity index is 1.35. The Morgan fingerprint density at radius 1 is 0.667 bits per heavy atom. The third-order valence-electron chi connectivity index (χ3n) is 5.50. The van der Waals surface area contributed by atoms with Crippen molar-refractivity contribution in [1.82, 2.24) is 4.98 Å². The summed E-state index contributed by atoms with van der Waals surface area (Å²) in [4.78, 5) is 18.1. The highest BCUT2D eigenvalue weighted by Crippen LogP contribution is 2.30. The molecule has 1 aromatic heterocycles. The van der Waals surface area contributed by atoms with Gasteiger partial charge in [-0.1, -0.05) is 103 Å². The molecular formula is C29H22N2OS. The minimum Gasteiger partial charge on any atom is -0.325 e. The monoisotopic (exact) mass is 446 g/mol. The van der Waals surface area contributed by atoms with Crippen molar-refractivity contribution < 1.29 is 4.79 Å². The van der Waals surface area contributed by atoms with Crippen LogP contribution in [-0.4, -0.2) is 10.9 Å². The molecule has 0 saturated heterocycles. The van der Waals surface area contributed by atoms with Crippen LogP contribution in [0.3, 0.4) is 0 Å². The van der Waals surface area contributed by atoms with Crippen LogP contribution in [0.5, 0.6) is 0 Å². The third kappa shape index (κ3) is 4.76. The van der Waals surface area contributed by atoms with Crippen LogP contribution in [0, 0.1) is 0 Å². The zero-order valence-corrected chi connectivity index (χ0v) is 18.7. The molecule has 4 aromatic carbocycles. The molecule has 3 nitrogen and oxygen atoms in total. The summed E-state index contributed by atoms with van der Waals surface area (Å²) >= 11 is 1.63. The maximum Gasteiger partial charge on any atom is 0.236 e. The van der Waals surface area contributed by atoms with Gasteiger partial charge in [-0.3, -0.25) is 4.79 Å². The molecule has 0 fully saturated rings. The number of amides is 1. The number of hydrogen-bond acceptors (Lipinski definition) is 3. The van der Waals surface area contributed by atoms with Crippen LogP contribution >= 0.6 is 11.3 Å². The van der Waals surface area contributed by atoms with Crippen molar-refractivity contribution in [2.75, 3.05) is 5.32 Å². The van der Waals surface area contributed by atoms with Crippen LogP contribution < -0.4 is 5.32 Å². The molecule has 1 N–H and O–H groups in total. The molecule has 33 heavy (non-hydrogen) atoms. The lowest BCUT2D eigenvalue weighted by Crippen LogP contribution is -2.22. The van der Waals surface area contributed by atoms with Crippen molar-refractivity contribution in [3.63, 3.8) is 0 Å². The molecule has 0 atom stereocenters. The first-order valence-electron chi connectivity index (χ1n) is 10.8.